The molecule has 0 aliphatic carbocycles. The van der Waals surface area contributed by atoms with Gasteiger partial charge in [-0.15, -0.1) is 0 Å². The number of rotatable bonds is 3. The molecular formula is C12H9ClIO3S+. The predicted molar refractivity (Wildman–Crippen MR) is 65.1 cm³/mol. The highest BCUT2D eigenvalue weighted by molar-refractivity contribution is 7.85. The van der Waals surface area contributed by atoms with E-state index in [2.05, 4.69) is 0 Å². The molecule has 0 amide bonds. The van der Waals surface area contributed by atoms with Crippen LogP contribution in [0.15, 0.2) is 53.4 Å². The zero-order valence-electron chi connectivity index (χ0n) is 9.05. The number of halogens is 2. The summed E-state index contributed by atoms with van der Waals surface area (Å²) in [7, 11) is -4.16. The van der Waals surface area contributed by atoms with Crippen LogP contribution >= 0.6 is 11.6 Å². The van der Waals surface area contributed by atoms with Crippen molar-refractivity contribution < 1.29 is 34.2 Å². The van der Waals surface area contributed by atoms with Gasteiger partial charge in [-0.1, -0.05) is 23.7 Å². The number of hydrogen-bond acceptors (Lipinski definition) is 2. The maximum absolute atomic E-state index is 11.3. The first-order valence-corrected chi connectivity index (χ1v) is 8.91. The predicted octanol–water partition coefficient (Wildman–Crippen LogP) is -0.285. The largest absolute Gasteiger partial charge is 0.359 e. The second kappa shape index (κ2) is 5.56. The first kappa shape index (κ1) is 13.8. The molecule has 0 bridgehead atoms. The van der Waals surface area contributed by atoms with Crippen molar-refractivity contribution in [3.05, 3.63) is 60.7 Å². The lowest BCUT2D eigenvalue weighted by Crippen LogP contribution is -3.61. The van der Waals surface area contributed by atoms with Crippen molar-refractivity contribution >= 4 is 21.7 Å². The van der Waals surface area contributed by atoms with Crippen molar-refractivity contribution in [1.82, 2.24) is 0 Å². The molecule has 0 aliphatic heterocycles. The average Bonchev–Trinajstić information content (AvgIpc) is 2.31. The Morgan fingerprint density at radius 3 is 2.22 bits per heavy atom. The van der Waals surface area contributed by atoms with Crippen molar-refractivity contribution in [1.29, 1.82) is 0 Å². The molecule has 0 radical (unpaired) electrons. The molecule has 0 aromatic heterocycles. The van der Waals surface area contributed by atoms with E-state index in [1.165, 1.54) is 6.07 Å². The third kappa shape index (κ3) is 3.44. The second-order valence-corrected chi connectivity index (χ2v) is 8.21. The van der Waals surface area contributed by atoms with E-state index in [1.807, 2.05) is 12.1 Å². The Bertz CT molecular complexity index is 653. The molecule has 0 unspecified atom stereocenters. The van der Waals surface area contributed by atoms with Crippen LogP contribution in [0.4, 0.5) is 0 Å². The first-order valence-electron chi connectivity index (χ1n) is 4.94. The summed E-state index contributed by atoms with van der Waals surface area (Å²) in [5, 5.41) is 0.644. The van der Waals surface area contributed by atoms with Crippen LogP contribution in [0, 0.1) is 7.14 Å². The Hall–Kier alpha value is -0.630. The Balaban J connectivity index is 2.38. The molecule has 0 saturated heterocycles. The zero-order chi connectivity index (χ0) is 13.2. The minimum Gasteiger partial charge on any atom is -0.282 e. The summed E-state index contributed by atoms with van der Waals surface area (Å²) in [5.74, 6) is 0. The van der Waals surface area contributed by atoms with Crippen LogP contribution in [-0.4, -0.2) is 13.0 Å². The topological polar surface area (TPSA) is 54.4 Å². The van der Waals surface area contributed by atoms with Crippen molar-refractivity contribution in [2.24, 2.45) is 0 Å². The van der Waals surface area contributed by atoms with Gasteiger partial charge in [0.2, 0.25) is 3.57 Å². The van der Waals surface area contributed by atoms with Gasteiger partial charge >= 0.3 is 21.2 Å². The smallest absolute Gasteiger partial charge is 0.282 e. The lowest BCUT2D eigenvalue weighted by molar-refractivity contribution is -0.601. The van der Waals surface area contributed by atoms with Crippen molar-refractivity contribution in [2.75, 3.05) is 0 Å². The zero-order valence-corrected chi connectivity index (χ0v) is 12.8. The van der Waals surface area contributed by atoms with Gasteiger partial charge in [0.05, 0.1) is 0 Å². The quantitative estimate of drug-likeness (QED) is 0.574. The summed E-state index contributed by atoms with van der Waals surface area (Å²) in [6.07, 6.45) is 0. The van der Waals surface area contributed by atoms with Gasteiger partial charge in [-0.3, -0.25) is 4.55 Å². The Morgan fingerprint density at radius 1 is 1.00 bits per heavy atom. The summed E-state index contributed by atoms with van der Waals surface area (Å²) < 4.78 is 33.4. The van der Waals surface area contributed by atoms with Crippen molar-refractivity contribution in [3.8, 4) is 0 Å². The molecule has 18 heavy (non-hydrogen) atoms. The Morgan fingerprint density at radius 2 is 1.61 bits per heavy atom. The van der Waals surface area contributed by atoms with E-state index in [0.717, 1.165) is 3.57 Å². The van der Waals surface area contributed by atoms with Gasteiger partial charge in [0.15, 0.2) is 3.57 Å². The van der Waals surface area contributed by atoms with Crippen molar-refractivity contribution in [2.45, 2.75) is 4.90 Å². The normalized spacial score (nSPS) is 11.4. The summed E-state index contributed by atoms with van der Waals surface area (Å²) >= 11 is 5.13. The molecule has 0 fully saturated rings. The fraction of sp³-hybridized carbons (Fsp3) is 0. The highest BCUT2D eigenvalue weighted by Crippen LogP contribution is 2.07. The minimum atomic E-state index is -4.16. The Kier molecular flexibility index (Phi) is 4.26. The van der Waals surface area contributed by atoms with E-state index >= 15 is 0 Å². The van der Waals surface area contributed by atoms with Gasteiger partial charge in [0, 0.05) is 5.02 Å². The van der Waals surface area contributed by atoms with Gasteiger partial charge in [-0.25, -0.2) is 0 Å². The molecule has 0 atom stereocenters. The lowest BCUT2D eigenvalue weighted by atomic mass is 10.4. The highest BCUT2D eigenvalue weighted by atomic mass is 127. The van der Waals surface area contributed by atoms with Crippen LogP contribution in [0.1, 0.15) is 0 Å². The molecule has 94 valence electrons. The van der Waals surface area contributed by atoms with Crippen molar-refractivity contribution in [3.63, 3.8) is 0 Å². The van der Waals surface area contributed by atoms with E-state index in [4.69, 9.17) is 16.2 Å². The molecule has 0 saturated carbocycles. The molecule has 0 aliphatic rings. The van der Waals surface area contributed by atoms with Crippen LogP contribution in [0.2, 0.25) is 5.02 Å². The number of benzene rings is 2. The third-order valence-corrected chi connectivity index (χ3v) is 6.52. The maximum atomic E-state index is 11.3. The Labute approximate surface area is 121 Å². The van der Waals surface area contributed by atoms with E-state index in [0.29, 0.717) is 8.59 Å². The molecule has 0 spiro atoms. The van der Waals surface area contributed by atoms with Gasteiger partial charge in [0.25, 0.3) is 10.1 Å². The second-order valence-electron chi connectivity index (χ2n) is 3.44. The molecule has 0 heterocycles. The fourth-order valence-corrected chi connectivity index (χ4v) is 5.35. The van der Waals surface area contributed by atoms with Gasteiger partial charge in [0.1, 0.15) is 4.90 Å². The SMILES string of the molecule is O=S(=O)(O)c1ccccc1[I+]c1ccc(Cl)cc1. The molecule has 3 nitrogen and oxygen atoms in total. The molecule has 2 aromatic rings. The first-order chi connectivity index (χ1) is 8.47. The maximum Gasteiger partial charge on any atom is 0.359 e. The summed E-state index contributed by atoms with van der Waals surface area (Å²) in [4.78, 5) is -0.00671. The summed E-state index contributed by atoms with van der Waals surface area (Å²) in [6.45, 7) is 0. The van der Waals surface area contributed by atoms with E-state index in [9.17, 15) is 8.42 Å². The standard InChI is InChI=1S/C12H8ClIO3S/c13-9-5-7-10(8-6-9)14-11-3-1-2-4-12(11)18(15,16)17/h1-8H/p+1. The lowest BCUT2D eigenvalue weighted by Gasteiger charge is -1.96. The fourth-order valence-electron chi connectivity index (χ4n) is 1.34. The monoisotopic (exact) mass is 395 g/mol. The van der Waals surface area contributed by atoms with Crippen LogP contribution < -0.4 is 21.2 Å². The highest BCUT2D eigenvalue weighted by Gasteiger charge is 2.25. The average molecular weight is 396 g/mol. The summed E-state index contributed by atoms with van der Waals surface area (Å²) in [5.41, 5.74) is 0. The molecule has 2 aromatic carbocycles. The van der Waals surface area contributed by atoms with Crippen LogP contribution in [0.5, 0.6) is 0 Å². The van der Waals surface area contributed by atoms with E-state index in [-0.39, 0.29) is 4.90 Å². The molecular weight excluding hydrogens is 387 g/mol. The third-order valence-electron chi connectivity index (χ3n) is 2.13. The van der Waals surface area contributed by atoms with Gasteiger partial charge in [-0.2, -0.15) is 8.42 Å². The van der Waals surface area contributed by atoms with Crippen LogP contribution in [0.25, 0.3) is 0 Å². The van der Waals surface area contributed by atoms with E-state index in [1.54, 1.807) is 30.3 Å². The van der Waals surface area contributed by atoms with Crippen LogP contribution in [-0.2, 0) is 10.1 Å². The van der Waals surface area contributed by atoms with Gasteiger partial charge in [-0.05, 0) is 36.4 Å². The minimum absolute atomic E-state index is 0.00671. The molecule has 1 N–H and O–H groups in total. The molecule has 2 rings (SSSR count). The van der Waals surface area contributed by atoms with E-state index < -0.39 is 31.3 Å². The van der Waals surface area contributed by atoms with Crippen LogP contribution in [0.3, 0.4) is 0 Å². The number of hydrogen-bond donors (Lipinski definition) is 1. The summed E-state index contributed by atoms with van der Waals surface area (Å²) in [6, 6.07) is 13.8. The molecule has 6 heteroatoms. The van der Waals surface area contributed by atoms with Gasteiger partial charge < -0.3 is 0 Å².